The second kappa shape index (κ2) is 7.45. The van der Waals surface area contributed by atoms with Crippen molar-refractivity contribution >= 4 is 21.8 Å². The quantitative estimate of drug-likeness (QED) is 0.725. The van der Waals surface area contributed by atoms with Gasteiger partial charge < -0.3 is 5.32 Å². The van der Waals surface area contributed by atoms with E-state index in [9.17, 15) is 4.79 Å². The molecule has 1 aromatic heterocycles. The van der Waals surface area contributed by atoms with Crippen molar-refractivity contribution in [2.45, 2.75) is 13.3 Å². The molecule has 5 heteroatoms. The highest BCUT2D eigenvalue weighted by molar-refractivity contribution is 9.10. The van der Waals surface area contributed by atoms with Crippen LogP contribution in [0.4, 0.5) is 0 Å². The van der Waals surface area contributed by atoms with Crippen LogP contribution in [0.5, 0.6) is 0 Å². The van der Waals surface area contributed by atoms with Gasteiger partial charge in [0.15, 0.2) is 0 Å². The Kier molecular flexibility index (Phi) is 5.11. The van der Waals surface area contributed by atoms with Gasteiger partial charge in [-0.3, -0.25) is 4.79 Å². The fraction of sp³-hybridized carbons (Fsp3) is 0.158. The van der Waals surface area contributed by atoms with Crippen LogP contribution in [0, 0.1) is 6.92 Å². The van der Waals surface area contributed by atoms with Gasteiger partial charge in [-0.2, -0.15) is 5.10 Å². The molecule has 0 bridgehead atoms. The van der Waals surface area contributed by atoms with E-state index in [1.807, 2.05) is 42.6 Å². The third kappa shape index (κ3) is 3.92. The molecule has 0 aliphatic rings. The molecule has 1 amide bonds. The van der Waals surface area contributed by atoms with E-state index >= 15 is 0 Å². The lowest BCUT2D eigenvalue weighted by atomic mass is 10.1. The van der Waals surface area contributed by atoms with E-state index in [-0.39, 0.29) is 5.91 Å². The first kappa shape index (κ1) is 16.5. The normalized spacial score (nSPS) is 10.6. The Morgan fingerprint density at radius 1 is 1.17 bits per heavy atom. The number of hydrogen-bond acceptors (Lipinski definition) is 2. The van der Waals surface area contributed by atoms with Crippen molar-refractivity contribution in [1.29, 1.82) is 0 Å². The van der Waals surface area contributed by atoms with Crippen LogP contribution in [0.2, 0.25) is 0 Å². The molecule has 4 nitrogen and oxygen atoms in total. The lowest BCUT2D eigenvalue weighted by Crippen LogP contribution is -2.25. The number of nitrogens with zero attached hydrogens (tertiary/aromatic N) is 2. The minimum atomic E-state index is -0.0585. The summed E-state index contributed by atoms with van der Waals surface area (Å²) in [5, 5.41) is 7.19. The van der Waals surface area contributed by atoms with Crippen molar-refractivity contribution in [3.05, 3.63) is 82.1 Å². The zero-order chi connectivity index (χ0) is 16.9. The lowest BCUT2D eigenvalue weighted by molar-refractivity contribution is 0.0954. The number of rotatable bonds is 5. The molecular formula is C19H18BrN3O. The van der Waals surface area contributed by atoms with Crippen molar-refractivity contribution in [2.24, 2.45) is 0 Å². The molecule has 24 heavy (non-hydrogen) atoms. The predicted octanol–water partition coefficient (Wildman–Crippen LogP) is 3.92. The molecule has 122 valence electrons. The first-order valence-corrected chi connectivity index (χ1v) is 8.56. The predicted molar refractivity (Wildman–Crippen MR) is 98.5 cm³/mol. The average molecular weight is 384 g/mol. The summed E-state index contributed by atoms with van der Waals surface area (Å²) in [4.78, 5) is 12.2. The number of hydrogen-bond donors (Lipinski definition) is 1. The Balaban J connectivity index is 1.58. The zero-order valence-electron chi connectivity index (χ0n) is 13.4. The summed E-state index contributed by atoms with van der Waals surface area (Å²) >= 11 is 3.37. The molecule has 0 fully saturated rings. The maximum Gasteiger partial charge on any atom is 0.251 e. The van der Waals surface area contributed by atoms with Crippen molar-refractivity contribution in [1.82, 2.24) is 15.1 Å². The largest absolute Gasteiger partial charge is 0.352 e. The summed E-state index contributed by atoms with van der Waals surface area (Å²) in [7, 11) is 0. The summed E-state index contributed by atoms with van der Waals surface area (Å²) in [6.45, 7) is 2.71. The Morgan fingerprint density at radius 3 is 2.58 bits per heavy atom. The van der Waals surface area contributed by atoms with E-state index in [4.69, 9.17) is 0 Å². The summed E-state index contributed by atoms with van der Waals surface area (Å²) < 4.78 is 2.67. The van der Waals surface area contributed by atoms with Gasteiger partial charge in [0.1, 0.15) is 0 Å². The molecular weight excluding hydrogens is 366 g/mol. The van der Waals surface area contributed by atoms with Gasteiger partial charge in [-0.25, -0.2) is 4.68 Å². The van der Waals surface area contributed by atoms with Gasteiger partial charge in [0.25, 0.3) is 5.91 Å². The van der Waals surface area contributed by atoms with Crippen LogP contribution in [0.25, 0.3) is 5.69 Å². The molecule has 3 rings (SSSR count). The van der Waals surface area contributed by atoms with Gasteiger partial charge in [0.2, 0.25) is 0 Å². The molecule has 0 saturated heterocycles. The first-order valence-electron chi connectivity index (χ1n) is 7.77. The Hall–Kier alpha value is -2.40. The fourth-order valence-electron chi connectivity index (χ4n) is 2.51. The molecule has 0 unspecified atom stereocenters. The van der Waals surface area contributed by atoms with Crippen LogP contribution < -0.4 is 5.32 Å². The third-order valence-electron chi connectivity index (χ3n) is 3.89. The van der Waals surface area contributed by atoms with Crippen LogP contribution >= 0.6 is 15.9 Å². The highest BCUT2D eigenvalue weighted by Gasteiger charge is 2.06. The van der Waals surface area contributed by atoms with Crippen LogP contribution in [-0.2, 0) is 6.42 Å². The van der Waals surface area contributed by atoms with Gasteiger partial charge in [-0.15, -0.1) is 0 Å². The van der Waals surface area contributed by atoms with Gasteiger partial charge in [0.05, 0.1) is 16.4 Å². The van der Waals surface area contributed by atoms with Gasteiger partial charge in [-0.1, -0.05) is 24.3 Å². The van der Waals surface area contributed by atoms with Crippen molar-refractivity contribution in [2.75, 3.05) is 6.54 Å². The van der Waals surface area contributed by atoms with E-state index in [0.29, 0.717) is 12.1 Å². The number of aryl methyl sites for hydroxylation is 1. The van der Waals surface area contributed by atoms with E-state index in [1.165, 1.54) is 11.1 Å². The van der Waals surface area contributed by atoms with Gasteiger partial charge in [-0.05, 0) is 64.7 Å². The number of amides is 1. The molecule has 1 heterocycles. The van der Waals surface area contributed by atoms with E-state index < -0.39 is 0 Å². The maximum absolute atomic E-state index is 12.2. The number of aromatic nitrogens is 2. The van der Waals surface area contributed by atoms with Crippen molar-refractivity contribution in [3.63, 3.8) is 0 Å². The fourth-order valence-corrected chi connectivity index (χ4v) is 2.80. The maximum atomic E-state index is 12.2. The highest BCUT2D eigenvalue weighted by atomic mass is 79.9. The minimum Gasteiger partial charge on any atom is -0.352 e. The number of halogens is 1. The van der Waals surface area contributed by atoms with Gasteiger partial charge in [0, 0.05) is 18.3 Å². The number of benzene rings is 2. The molecule has 3 aromatic rings. The van der Waals surface area contributed by atoms with E-state index in [1.54, 1.807) is 10.9 Å². The van der Waals surface area contributed by atoms with Crippen LogP contribution in [0.15, 0.2) is 65.4 Å². The van der Waals surface area contributed by atoms with E-state index in [0.717, 1.165) is 16.6 Å². The molecule has 0 atom stereocenters. The highest BCUT2D eigenvalue weighted by Crippen LogP contribution is 2.13. The van der Waals surface area contributed by atoms with E-state index in [2.05, 4.69) is 45.4 Å². The number of carbonyl (C=O) groups excluding carboxylic acids is 1. The summed E-state index contributed by atoms with van der Waals surface area (Å²) in [6.07, 6.45) is 4.43. The molecule has 0 spiro atoms. The lowest BCUT2D eigenvalue weighted by Gasteiger charge is -2.08. The average Bonchev–Trinajstić information content (AvgIpc) is 3.03. The Labute approximate surface area is 149 Å². The standard InChI is InChI=1S/C19H18BrN3O/c1-14-4-2-3-5-15(14)10-11-21-19(24)16-6-8-18(9-7-16)23-13-17(20)12-22-23/h2-9,12-13H,10-11H2,1H3,(H,21,24). The molecule has 0 saturated carbocycles. The van der Waals surface area contributed by atoms with Crippen LogP contribution in [0.1, 0.15) is 21.5 Å². The molecule has 0 aliphatic carbocycles. The third-order valence-corrected chi connectivity index (χ3v) is 4.30. The first-order chi connectivity index (χ1) is 11.6. The second-order valence-corrected chi connectivity index (χ2v) is 6.50. The van der Waals surface area contributed by atoms with Crippen LogP contribution in [0.3, 0.4) is 0 Å². The summed E-state index contributed by atoms with van der Waals surface area (Å²) in [5.74, 6) is -0.0585. The number of carbonyl (C=O) groups is 1. The minimum absolute atomic E-state index is 0.0585. The summed E-state index contributed by atoms with van der Waals surface area (Å²) in [5.41, 5.74) is 4.07. The Morgan fingerprint density at radius 2 is 1.92 bits per heavy atom. The summed E-state index contributed by atoms with van der Waals surface area (Å²) in [6, 6.07) is 15.6. The SMILES string of the molecule is Cc1ccccc1CCNC(=O)c1ccc(-n2cc(Br)cn2)cc1. The molecule has 0 radical (unpaired) electrons. The zero-order valence-corrected chi connectivity index (χ0v) is 15.0. The molecule has 1 N–H and O–H groups in total. The van der Waals surface area contributed by atoms with Crippen LogP contribution in [-0.4, -0.2) is 22.2 Å². The number of nitrogens with one attached hydrogen (secondary N) is 1. The molecule has 2 aromatic carbocycles. The topological polar surface area (TPSA) is 46.9 Å². The van der Waals surface area contributed by atoms with Crippen molar-refractivity contribution in [3.8, 4) is 5.69 Å². The smallest absolute Gasteiger partial charge is 0.251 e. The van der Waals surface area contributed by atoms with Crippen molar-refractivity contribution < 1.29 is 4.79 Å². The monoisotopic (exact) mass is 383 g/mol. The van der Waals surface area contributed by atoms with Gasteiger partial charge >= 0.3 is 0 Å². The Bertz CT molecular complexity index is 840. The second-order valence-electron chi connectivity index (χ2n) is 5.58. The molecule has 0 aliphatic heterocycles.